The highest BCUT2D eigenvalue weighted by atomic mass is 16.5. The van der Waals surface area contributed by atoms with Gasteiger partial charge in [0, 0.05) is 12.2 Å². The third kappa shape index (κ3) is 3.31. The van der Waals surface area contributed by atoms with Gasteiger partial charge in [-0.2, -0.15) is 4.98 Å². The van der Waals surface area contributed by atoms with Gasteiger partial charge in [0.2, 0.25) is 5.89 Å². The van der Waals surface area contributed by atoms with Crippen LogP contribution in [0.2, 0.25) is 0 Å². The van der Waals surface area contributed by atoms with E-state index >= 15 is 0 Å². The first-order chi connectivity index (χ1) is 9.20. The standard InChI is InChI=1S/C13H16N4O2/c1-3-14-13(18)10-6-4-5-7-11(10)15-8-12-16-9(2)17-19-12/h4-7,15H,3,8H2,1-2H3,(H,14,18). The maximum atomic E-state index is 11.9. The highest BCUT2D eigenvalue weighted by Crippen LogP contribution is 2.15. The second kappa shape index (κ2) is 5.99. The molecule has 0 fully saturated rings. The van der Waals surface area contributed by atoms with Gasteiger partial charge >= 0.3 is 0 Å². The van der Waals surface area contributed by atoms with E-state index < -0.39 is 0 Å². The van der Waals surface area contributed by atoms with E-state index in [4.69, 9.17) is 4.52 Å². The summed E-state index contributed by atoms with van der Waals surface area (Å²) in [6.07, 6.45) is 0. The molecule has 6 nitrogen and oxygen atoms in total. The molecule has 0 saturated heterocycles. The van der Waals surface area contributed by atoms with Crippen molar-refractivity contribution in [1.82, 2.24) is 15.5 Å². The van der Waals surface area contributed by atoms with E-state index in [1.807, 2.05) is 25.1 Å². The van der Waals surface area contributed by atoms with Gasteiger partial charge in [-0.3, -0.25) is 4.79 Å². The van der Waals surface area contributed by atoms with Crippen molar-refractivity contribution in [3.63, 3.8) is 0 Å². The van der Waals surface area contributed by atoms with E-state index in [1.54, 1.807) is 13.0 Å². The Balaban J connectivity index is 2.09. The minimum Gasteiger partial charge on any atom is -0.375 e. The molecule has 1 aromatic heterocycles. The molecule has 1 aromatic carbocycles. The summed E-state index contributed by atoms with van der Waals surface area (Å²) in [7, 11) is 0. The number of nitrogens with one attached hydrogen (secondary N) is 2. The van der Waals surface area contributed by atoms with Crippen LogP contribution >= 0.6 is 0 Å². The second-order valence-electron chi connectivity index (χ2n) is 3.99. The number of hydrogen-bond acceptors (Lipinski definition) is 5. The van der Waals surface area contributed by atoms with Crippen LogP contribution in [0.4, 0.5) is 5.69 Å². The smallest absolute Gasteiger partial charge is 0.253 e. The summed E-state index contributed by atoms with van der Waals surface area (Å²) in [5.74, 6) is 0.976. The first kappa shape index (κ1) is 13.1. The molecule has 2 rings (SSSR count). The third-order valence-corrected chi connectivity index (χ3v) is 2.51. The number of carbonyl (C=O) groups is 1. The van der Waals surface area contributed by atoms with Crippen LogP contribution in [0.1, 0.15) is 29.0 Å². The predicted octanol–water partition coefficient (Wildman–Crippen LogP) is 1.74. The van der Waals surface area contributed by atoms with Crippen molar-refractivity contribution in [1.29, 1.82) is 0 Å². The molecular formula is C13H16N4O2. The highest BCUT2D eigenvalue weighted by Gasteiger charge is 2.10. The number of rotatable bonds is 5. The van der Waals surface area contributed by atoms with Crippen LogP contribution in [-0.2, 0) is 6.54 Å². The average molecular weight is 260 g/mol. The van der Waals surface area contributed by atoms with Gasteiger partial charge in [0.15, 0.2) is 5.82 Å². The Bertz CT molecular complexity index is 565. The molecule has 0 aliphatic carbocycles. The quantitative estimate of drug-likeness (QED) is 0.856. The van der Waals surface area contributed by atoms with E-state index in [-0.39, 0.29) is 5.91 Å². The van der Waals surface area contributed by atoms with Crippen molar-refractivity contribution in [2.75, 3.05) is 11.9 Å². The molecule has 1 amide bonds. The molecule has 19 heavy (non-hydrogen) atoms. The second-order valence-corrected chi connectivity index (χ2v) is 3.99. The summed E-state index contributed by atoms with van der Waals surface area (Å²) < 4.78 is 5.01. The van der Waals surface area contributed by atoms with Crippen LogP contribution in [0.3, 0.4) is 0 Å². The number of benzene rings is 1. The van der Waals surface area contributed by atoms with Gasteiger partial charge in [0.05, 0.1) is 12.1 Å². The zero-order chi connectivity index (χ0) is 13.7. The summed E-state index contributed by atoms with van der Waals surface area (Å²) in [6, 6.07) is 7.30. The van der Waals surface area contributed by atoms with Crippen LogP contribution in [0.5, 0.6) is 0 Å². The lowest BCUT2D eigenvalue weighted by Gasteiger charge is -2.09. The monoisotopic (exact) mass is 260 g/mol. The zero-order valence-corrected chi connectivity index (χ0v) is 10.9. The summed E-state index contributed by atoms with van der Waals surface area (Å²) in [4.78, 5) is 16.0. The average Bonchev–Trinajstić information content (AvgIpc) is 2.83. The molecular weight excluding hydrogens is 244 g/mol. The molecule has 6 heteroatoms. The normalized spacial score (nSPS) is 10.2. The first-order valence-corrected chi connectivity index (χ1v) is 6.11. The van der Waals surface area contributed by atoms with Crippen LogP contribution < -0.4 is 10.6 Å². The molecule has 0 spiro atoms. The fraction of sp³-hybridized carbons (Fsp3) is 0.308. The Labute approximate surface area is 111 Å². The van der Waals surface area contributed by atoms with Gasteiger partial charge in [-0.1, -0.05) is 17.3 Å². The molecule has 100 valence electrons. The van der Waals surface area contributed by atoms with E-state index in [0.717, 1.165) is 5.69 Å². The van der Waals surface area contributed by atoms with Crippen molar-refractivity contribution in [3.8, 4) is 0 Å². The zero-order valence-electron chi connectivity index (χ0n) is 10.9. The lowest BCUT2D eigenvalue weighted by atomic mass is 10.1. The Morgan fingerprint density at radius 2 is 2.16 bits per heavy atom. The molecule has 2 N–H and O–H groups in total. The molecule has 0 unspecified atom stereocenters. The third-order valence-electron chi connectivity index (χ3n) is 2.51. The van der Waals surface area contributed by atoms with Gasteiger partial charge in [-0.05, 0) is 26.0 Å². The number of anilines is 1. The van der Waals surface area contributed by atoms with E-state index in [1.165, 1.54) is 0 Å². The van der Waals surface area contributed by atoms with Gasteiger partial charge < -0.3 is 15.2 Å². The lowest BCUT2D eigenvalue weighted by Crippen LogP contribution is -2.23. The van der Waals surface area contributed by atoms with Gasteiger partial charge in [0.25, 0.3) is 5.91 Å². The highest BCUT2D eigenvalue weighted by molar-refractivity contribution is 5.99. The Morgan fingerprint density at radius 3 is 2.84 bits per heavy atom. The number of aromatic nitrogens is 2. The molecule has 0 saturated carbocycles. The number of amides is 1. The van der Waals surface area contributed by atoms with Gasteiger partial charge in [-0.25, -0.2) is 0 Å². The Morgan fingerprint density at radius 1 is 1.37 bits per heavy atom. The molecule has 0 aliphatic heterocycles. The molecule has 0 aliphatic rings. The van der Waals surface area contributed by atoms with E-state index in [9.17, 15) is 4.79 Å². The van der Waals surface area contributed by atoms with Crippen molar-refractivity contribution in [3.05, 3.63) is 41.5 Å². The summed E-state index contributed by atoms with van der Waals surface area (Å²) in [5, 5.41) is 9.61. The van der Waals surface area contributed by atoms with Crippen molar-refractivity contribution in [2.24, 2.45) is 0 Å². The molecule has 1 heterocycles. The molecule has 0 atom stereocenters. The SMILES string of the molecule is CCNC(=O)c1ccccc1NCc1nc(C)no1. The maximum absolute atomic E-state index is 11.9. The predicted molar refractivity (Wildman–Crippen MR) is 70.8 cm³/mol. The summed E-state index contributed by atoms with van der Waals surface area (Å²) >= 11 is 0. The van der Waals surface area contributed by atoms with Crippen LogP contribution in [0.25, 0.3) is 0 Å². The van der Waals surface area contributed by atoms with Gasteiger partial charge in [-0.15, -0.1) is 0 Å². The lowest BCUT2D eigenvalue weighted by molar-refractivity contribution is 0.0956. The number of nitrogens with zero attached hydrogens (tertiary/aromatic N) is 2. The number of carbonyl (C=O) groups excluding carboxylic acids is 1. The number of aryl methyl sites for hydroxylation is 1. The minimum absolute atomic E-state index is 0.104. The first-order valence-electron chi connectivity index (χ1n) is 6.11. The van der Waals surface area contributed by atoms with Gasteiger partial charge in [0.1, 0.15) is 0 Å². The topological polar surface area (TPSA) is 80.0 Å². The maximum Gasteiger partial charge on any atom is 0.253 e. The number of para-hydroxylation sites is 1. The van der Waals surface area contributed by atoms with Crippen molar-refractivity contribution < 1.29 is 9.32 Å². The van der Waals surface area contributed by atoms with Crippen LogP contribution in [0.15, 0.2) is 28.8 Å². The minimum atomic E-state index is -0.104. The van der Waals surface area contributed by atoms with Crippen molar-refractivity contribution in [2.45, 2.75) is 20.4 Å². The fourth-order valence-corrected chi connectivity index (χ4v) is 1.67. The molecule has 0 radical (unpaired) electrons. The summed E-state index contributed by atoms with van der Waals surface area (Å²) in [5.41, 5.74) is 1.34. The molecule has 2 aromatic rings. The number of hydrogen-bond donors (Lipinski definition) is 2. The van der Waals surface area contributed by atoms with E-state index in [0.29, 0.717) is 30.4 Å². The van der Waals surface area contributed by atoms with E-state index in [2.05, 4.69) is 20.8 Å². The largest absolute Gasteiger partial charge is 0.375 e. The van der Waals surface area contributed by atoms with Crippen molar-refractivity contribution >= 4 is 11.6 Å². The Hall–Kier alpha value is -2.37. The van der Waals surface area contributed by atoms with Crippen LogP contribution in [0, 0.1) is 6.92 Å². The fourth-order valence-electron chi connectivity index (χ4n) is 1.67. The Kier molecular flexibility index (Phi) is 4.12. The molecule has 0 bridgehead atoms. The summed E-state index contributed by atoms with van der Waals surface area (Å²) in [6.45, 7) is 4.62. The van der Waals surface area contributed by atoms with Crippen LogP contribution in [-0.4, -0.2) is 22.6 Å².